The minimum atomic E-state index is -1.05. The fraction of sp³-hybridized carbons (Fsp3) is 0.500. The lowest BCUT2D eigenvalue weighted by atomic mass is 9.99. The molecule has 0 spiro atoms. The van der Waals surface area contributed by atoms with Crippen molar-refractivity contribution in [3.63, 3.8) is 0 Å². The summed E-state index contributed by atoms with van der Waals surface area (Å²) in [6, 6.07) is 5.18. The summed E-state index contributed by atoms with van der Waals surface area (Å²) in [5.41, 5.74) is 0.489. The minimum absolute atomic E-state index is 0.0417. The molecule has 0 aliphatic heterocycles. The van der Waals surface area contributed by atoms with Gasteiger partial charge in [-0.25, -0.2) is 4.79 Å². The van der Waals surface area contributed by atoms with E-state index in [1.807, 2.05) is 20.8 Å². The summed E-state index contributed by atoms with van der Waals surface area (Å²) in [7, 11) is 1.52. The van der Waals surface area contributed by atoms with Gasteiger partial charge >= 0.3 is 6.09 Å². The number of amides is 1. The predicted octanol–water partition coefficient (Wildman–Crippen LogP) is 3.50. The van der Waals surface area contributed by atoms with Crippen molar-refractivity contribution in [1.29, 1.82) is 0 Å². The summed E-state index contributed by atoms with van der Waals surface area (Å²) in [6.07, 6.45) is -0.489. The molecule has 1 aromatic rings. The number of ketones is 1. The van der Waals surface area contributed by atoms with Gasteiger partial charge in [-0.1, -0.05) is 13.0 Å². The third kappa shape index (κ3) is 3.97. The first-order chi connectivity index (χ1) is 9.72. The van der Waals surface area contributed by atoms with Crippen LogP contribution in [0, 0.1) is 0 Å². The zero-order chi connectivity index (χ0) is 16.2. The molecule has 0 heterocycles. The number of hydrogen-bond acceptors (Lipinski definition) is 3. The van der Waals surface area contributed by atoms with Crippen LogP contribution in [0.4, 0.5) is 10.5 Å². The van der Waals surface area contributed by atoms with Gasteiger partial charge in [0.25, 0.3) is 0 Å². The molecular formula is C16H23NO4. The summed E-state index contributed by atoms with van der Waals surface area (Å²) in [4.78, 5) is 24.7. The molecule has 1 rings (SSSR count). The maximum atomic E-state index is 11.8. The molecule has 0 fully saturated rings. The second kappa shape index (κ2) is 6.61. The Hall–Kier alpha value is -2.04. The Bertz CT molecular complexity index is 532. The Labute approximate surface area is 125 Å². The first-order valence-corrected chi connectivity index (χ1v) is 6.93. The van der Waals surface area contributed by atoms with Crippen LogP contribution < -0.4 is 9.64 Å². The van der Waals surface area contributed by atoms with Crippen molar-refractivity contribution in [3.05, 3.63) is 23.8 Å². The fourth-order valence-corrected chi connectivity index (χ4v) is 2.21. The molecule has 21 heavy (non-hydrogen) atoms. The van der Waals surface area contributed by atoms with Crippen molar-refractivity contribution in [2.75, 3.05) is 12.0 Å². The van der Waals surface area contributed by atoms with Gasteiger partial charge in [0.15, 0.2) is 0 Å². The standard InChI is InChI=1S/C16H23NO4/c1-6-11(18)10-12-13(8-7-9-14(12)21-5)17(15(19)20)16(2,3)4/h7-9H,6,10H2,1-5H3,(H,19,20). The highest BCUT2D eigenvalue weighted by Crippen LogP contribution is 2.34. The van der Waals surface area contributed by atoms with Crippen LogP contribution in [0.2, 0.25) is 0 Å². The van der Waals surface area contributed by atoms with Crippen molar-refractivity contribution in [2.45, 2.75) is 46.1 Å². The monoisotopic (exact) mass is 293 g/mol. The smallest absolute Gasteiger partial charge is 0.412 e. The molecule has 0 atom stereocenters. The Balaban J connectivity index is 3.46. The van der Waals surface area contributed by atoms with Crippen LogP contribution in [-0.4, -0.2) is 29.6 Å². The number of carbonyl (C=O) groups excluding carboxylic acids is 1. The van der Waals surface area contributed by atoms with Crippen molar-refractivity contribution < 1.29 is 19.4 Å². The van der Waals surface area contributed by atoms with Crippen molar-refractivity contribution >= 4 is 17.6 Å². The lowest BCUT2D eigenvalue weighted by Crippen LogP contribution is -2.45. The van der Waals surface area contributed by atoms with Crippen LogP contribution in [0.5, 0.6) is 5.75 Å². The van der Waals surface area contributed by atoms with E-state index in [0.717, 1.165) is 0 Å². The van der Waals surface area contributed by atoms with E-state index in [2.05, 4.69) is 0 Å². The predicted molar refractivity (Wildman–Crippen MR) is 82.3 cm³/mol. The van der Waals surface area contributed by atoms with Gasteiger partial charge in [-0.3, -0.25) is 9.69 Å². The van der Waals surface area contributed by atoms with Gasteiger partial charge in [0.05, 0.1) is 12.8 Å². The largest absolute Gasteiger partial charge is 0.496 e. The lowest BCUT2D eigenvalue weighted by molar-refractivity contribution is -0.118. The van der Waals surface area contributed by atoms with E-state index in [9.17, 15) is 14.7 Å². The molecule has 0 saturated heterocycles. The number of ether oxygens (including phenoxy) is 1. The molecule has 0 aliphatic rings. The average molecular weight is 293 g/mol. The maximum absolute atomic E-state index is 11.8. The Morgan fingerprint density at radius 2 is 1.90 bits per heavy atom. The van der Waals surface area contributed by atoms with Gasteiger partial charge in [-0.15, -0.1) is 0 Å². The Kier molecular flexibility index (Phi) is 5.35. The summed E-state index contributed by atoms with van der Waals surface area (Å²) in [5.74, 6) is 0.574. The van der Waals surface area contributed by atoms with E-state index in [0.29, 0.717) is 23.4 Å². The highest BCUT2D eigenvalue weighted by molar-refractivity contribution is 5.91. The fourth-order valence-electron chi connectivity index (χ4n) is 2.21. The highest BCUT2D eigenvalue weighted by Gasteiger charge is 2.30. The number of carboxylic acid groups (broad SMARTS) is 1. The number of rotatable bonds is 5. The summed E-state index contributed by atoms with van der Waals surface area (Å²) in [6.45, 7) is 7.22. The van der Waals surface area contributed by atoms with Crippen LogP contribution in [0.1, 0.15) is 39.7 Å². The highest BCUT2D eigenvalue weighted by atomic mass is 16.5. The SMILES string of the molecule is CCC(=O)Cc1c(OC)cccc1N(C(=O)O)C(C)(C)C. The maximum Gasteiger partial charge on any atom is 0.412 e. The van der Waals surface area contributed by atoms with E-state index in [-0.39, 0.29) is 12.2 Å². The van der Waals surface area contributed by atoms with E-state index in [1.165, 1.54) is 12.0 Å². The second-order valence-corrected chi connectivity index (χ2v) is 5.82. The van der Waals surface area contributed by atoms with Gasteiger partial charge in [-0.05, 0) is 32.9 Å². The number of carbonyl (C=O) groups is 2. The number of Topliss-reactive ketones (excluding diaryl/α,β-unsaturated/α-hetero) is 1. The summed E-state index contributed by atoms with van der Waals surface area (Å²) < 4.78 is 5.30. The molecule has 0 aromatic heterocycles. The molecule has 5 nitrogen and oxygen atoms in total. The van der Waals surface area contributed by atoms with Gasteiger partial charge in [0.2, 0.25) is 0 Å². The molecule has 0 unspecified atom stereocenters. The van der Waals surface area contributed by atoms with Gasteiger partial charge < -0.3 is 9.84 Å². The number of anilines is 1. The van der Waals surface area contributed by atoms with Crippen LogP contribution >= 0.6 is 0 Å². The molecule has 1 N–H and O–H groups in total. The Morgan fingerprint density at radius 1 is 1.29 bits per heavy atom. The zero-order valence-electron chi connectivity index (χ0n) is 13.3. The summed E-state index contributed by atoms with van der Waals surface area (Å²) in [5, 5.41) is 9.54. The molecule has 1 aromatic carbocycles. The van der Waals surface area contributed by atoms with E-state index < -0.39 is 11.6 Å². The summed E-state index contributed by atoms with van der Waals surface area (Å²) >= 11 is 0. The first-order valence-electron chi connectivity index (χ1n) is 6.93. The van der Waals surface area contributed by atoms with E-state index in [4.69, 9.17) is 4.74 Å². The molecule has 0 saturated carbocycles. The van der Waals surface area contributed by atoms with Crippen molar-refractivity contribution in [1.82, 2.24) is 0 Å². The molecule has 0 bridgehead atoms. The van der Waals surface area contributed by atoms with Crippen LogP contribution in [0.15, 0.2) is 18.2 Å². The molecule has 5 heteroatoms. The number of nitrogens with zero attached hydrogens (tertiary/aromatic N) is 1. The molecule has 0 radical (unpaired) electrons. The first kappa shape index (κ1) is 17.0. The zero-order valence-corrected chi connectivity index (χ0v) is 13.3. The number of hydrogen-bond donors (Lipinski definition) is 1. The number of benzene rings is 1. The normalized spacial score (nSPS) is 11.1. The number of methoxy groups -OCH3 is 1. The van der Waals surface area contributed by atoms with Crippen LogP contribution in [0.25, 0.3) is 0 Å². The van der Waals surface area contributed by atoms with Gasteiger partial charge in [0, 0.05) is 23.9 Å². The minimum Gasteiger partial charge on any atom is -0.496 e. The van der Waals surface area contributed by atoms with Gasteiger partial charge in [0.1, 0.15) is 11.5 Å². The van der Waals surface area contributed by atoms with Crippen molar-refractivity contribution in [2.24, 2.45) is 0 Å². The molecule has 0 aliphatic carbocycles. The molecule has 116 valence electrons. The quantitative estimate of drug-likeness (QED) is 0.902. The Morgan fingerprint density at radius 3 is 2.33 bits per heavy atom. The van der Waals surface area contributed by atoms with Crippen LogP contribution in [0.3, 0.4) is 0 Å². The third-order valence-corrected chi connectivity index (χ3v) is 3.20. The average Bonchev–Trinajstić information content (AvgIpc) is 2.38. The second-order valence-electron chi connectivity index (χ2n) is 5.82. The molecule has 1 amide bonds. The van der Waals surface area contributed by atoms with Gasteiger partial charge in [-0.2, -0.15) is 0 Å². The van der Waals surface area contributed by atoms with Crippen molar-refractivity contribution in [3.8, 4) is 5.75 Å². The molecular weight excluding hydrogens is 270 g/mol. The third-order valence-electron chi connectivity index (χ3n) is 3.20. The van der Waals surface area contributed by atoms with E-state index >= 15 is 0 Å². The topological polar surface area (TPSA) is 66.8 Å². The lowest BCUT2D eigenvalue weighted by Gasteiger charge is -2.34. The van der Waals surface area contributed by atoms with Crippen LogP contribution in [-0.2, 0) is 11.2 Å². The van der Waals surface area contributed by atoms with E-state index in [1.54, 1.807) is 25.1 Å².